The monoisotopic (exact) mass is 248 g/mol. The van der Waals surface area contributed by atoms with Gasteiger partial charge in [-0.1, -0.05) is 25.5 Å². The van der Waals surface area contributed by atoms with Crippen molar-refractivity contribution >= 4 is 17.7 Å². The van der Waals surface area contributed by atoms with Gasteiger partial charge in [0.05, 0.1) is 17.4 Å². The highest BCUT2D eigenvalue weighted by molar-refractivity contribution is 7.99. The lowest BCUT2D eigenvalue weighted by atomic mass is 10.2. The van der Waals surface area contributed by atoms with Crippen LogP contribution >= 0.6 is 11.8 Å². The molecule has 0 bridgehead atoms. The van der Waals surface area contributed by atoms with Gasteiger partial charge in [0.25, 0.3) is 5.91 Å². The molecule has 0 fully saturated rings. The van der Waals surface area contributed by atoms with Gasteiger partial charge in [-0.2, -0.15) is 5.26 Å². The summed E-state index contributed by atoms with van der Waals surface area (Å²) in [5, 5.41) is 11.4. The summed E-state index contributed by atoms with van der Waals surface area (Å²) < 4.78 is 0. The SMILES string of the molecule is CCCCNC(=O)c1ccccc1SCC#N. The van der Waals surface area contributed by atoms with Crippen LogP contribution < -0.4 is 5.32 Å². The number of nitriles is 1. The predicted octanol–water partition coefficient (Wildman–Crippen LogP) is 2.83. The van der Waals surface area contributed by atoms with Gasteiger partial charge in [-0.15, -0.1) is 11.8 Å². The van der Waals surface area contributed by atoms with Gasteiger partial charge in [-0.3, -0.25) is 4.79 Å². The molecule has 1 aromatic rings. The Balaban J connectivity index is 2.68. The topological polar surface area (TPSA) is 52.9 Å². The second kappa shape index (κ2) is 7.75. The lowest BCUT2D eigenvalue weighted by molar-refractivity contribution is 0.0950. The molecule has 0 heterocycles. The van der Waals surface area contributed by atoms with Crippen molar-refractivity contribution in [1.82, 2.24) is 5.32 Å². The molecule has 0 saturated carbocycles. The molecule has 0 atom stereocenters. The Morgan fingerprint density at radius 2 is 2.24 bits per heavy atom. The number of benzene rings is 1. The Kier molecular flexibility index (Phi) is 6.19. The van der Waals surface area contributed by atoms with Crippen LogP contribution in [0.2, 0.25) is 0 Å². The number of carbonyl (C=O) groups is 1. The summed E-state index contributed by atoms with van der Waals surface area (Å²) in [6, 6.07) is 9.45. The third-order valence-electron chi connectivity index (χ3n) is 2.24. The van der Waals surface area contributed by atoms with Crippen LogP contribution in [0.25, 0.3) is 0 Å². The first-order valence-electron chi connectivity index (χ1n) is 5.66. The Morgan fingerprint density at radius 1 is 1.47 bits per heavy atom. The zero-order chi connectivity index (χ0) is 12.5. The number of amides is 1. The highest BCUT2D eigenvalue weighted by atomic mass is 32.2. The number of nitrogens with zero attached hydrogens (tertiary/aromatic N) is 1. The van der Waals surface area contributed by atoms with Crippen LogP contribution in [0.1, 0.15) is 30.1 Å². The molecule has 90 valence electrons. The van der Waals surface area contributed by atoms with Crippen LogP contribution in [0.3, 0.4) is 0 Å². The van der Waals surface area contributed by atoms with E-state index in [2.05, 4.69) is 18.3 Å². The molecule has 3 nitrogen and oxygen atoms in total. The predicted molar refractivity (Wildman–Crippen MR) is 70.0 cm³/mol. The first-order valence-corrected chi connectivity index (χ1v) is 6.65. The average Bonchev–Trinajstić information content (AvgIpc) is 2.37. The third kappa shape index (κ3) is 4.49. The highest BCUT2D eigenvalue weighted by Crippen LogP contribution is 2.21. The van der Waals surface area contributed by atoms with E-state index in [9.17, 15) is 4.79 Å². The van der Waals surface area contributed by atoms with Crippen molar-refractivity contribution in [2.75, 3.05) is 12.3 Å². The maximum absolute atomic E-state index is 11.9. The highest BCUT2D eigenvalue weighted by Gasteiger charge is 2.10. The molecule has 0 aliphatic rings. The number of hydrogen-bond donors (Lipinski definition) is 1. The number of nitrogens with one attached hydrogen (secondary N) is 1. The lowest BCUT2D eigenvalue weighted by Crippen LogP contribution is -2.24. The molecular weight excluding hydrogens is 232 g/mol. The number of unbranched alkanes of at least 4 members (excludes halogenated alkanes) is 1. The van der Waals surface area contributed by atoms with Crippen molar-refractivity contribution in [2.45, 2.75) is 24.7 Å². The smallest absolute Gasteiger partial charge is 0.252 e. The summed E-state index contributed by atoms with van der Waals surface area (Å²) in [5.41, 5.74) is 0.656. The second-order valence-electron chi connectivity index (χ2n) is 3.55. The molecule has 0 aliphatic carbocycles. The van der Waals surface area contributed by atoms with Gasteiger partial charge in [0.1, 0.15) is 0 Å². The minimum absolute atomic E-state index is 0.0560. The van der Waals surface area contributed by atoms with Crippen molar-refractivity contribution in [1.29, 1.82) is 5.26 Å². The molecule has 1 aromatic carbocycles. The molecule has 17 heavy (non-hydrogen) atoms. The molecule has 0 unspecified atom stereocenters. The van der Waals surface area contributed by atoms with E-state index in [-0.39, 0.29) is 5.91 Å². The minimum Gasteiger partial charge on any atom is -0.352 e. The number of carbonyl (C=O) groups excluding carboxylic acids is 1. The van der Waals surface area contributed by atoms with Crippen LogP contribution in [0.5, 0.6) is 0 Å². The summed E-state index contributed by atoms with van der Waals surface area (Å²) in [7, 11) is 0. The van der Waals surface area contributed by atoms with Crippen molar-refractivity contribution in [3.05, 3.63) is 29.8 Å². The molecule has 0 spiro atoms. The minimum atomic E-state index is -0.0560. The quantitative estimate of drug-likeness (QED) is 0.622. The van der Waals surface area contributed by atoms with Gasteiger partial charge in [0.2, 0.25) is 0 Å². The Hall–Kier alpha value is -1.47. The molecule has 0 aromatic heterocycles. The zero-order valence-electron chi connectivity index (χ0n) is 9.90. The fourth-order valence-electron chi connectivity index (χ4n) is 1.36. The van der Waals surface area contributed by atoms with E-state index in [4.69, 9.17) is 5.26 Å². The Bertz CT molecular complexity index is 412. The number of rotatable bonds is 6. The lowest BCUT2D eigenvalue weighted by Gasteiger charge is -2.08. The standard InChI is InChI=1S/C13H16N2OS/c1-2-3-9-15-13(16)11-6-4-5-7-12(11)17-10-8-14/h4-7H,2-3,9-10H2,1H3,(H,15,16). The van der Waals surface area contributed by atoms with Crippen LogP contribution in [0.15, 0.2) is 29.2 Å². The fourth-order valence-corrected chi connectivity index (χ4v) is 2.08. The average molecular weight is 248 g/mol. The van der Waals surface area contributed by atoms with Crippen LogP contribution in [0, 0.1) is 11.3 Å². The van der Waals surface area contributed by atoms with Gasteiger partial charge in [0, 0.05) is 11.4 Å². The van der Waals surface area contributed by atoms with Gasteiger partial charge in [-0.25, -0.2) is 0 Å². The first-order chi connectivity index (χ1) is 8.29. The summed E-state index contributed by atoms with van der Waals surface area (Å²) in [6.07, 6.45) is 2.05. The number of hydrogen-bond acceptors (Lipinski definition) is 3. The van der Waals surface area contributed by atoms with Gasteiger partial charge in [0.15, 0.2) is 0 Å². The van der Waals surface area contributed by atoms with E-state index in [1.165, 1.54) is 11.8 Å². The summed E-state index contributed by atoms with van der Waals surface area (Å²) in [5.74, 6) is 0.304. The summed E-state index contributed by atoms with van der Waals surface area (Å²) >= 11 is 1.39. The van der Waals surface area contributed by atoms with Crippen molar-refractivity contribution in [2.24, 2.45) is 0 Å². The van der Waals surface area contributed by atoms with E-state index in [1.54, 1.807) is 6.07 Å². The normalized spacial score (nSPS) is 9.65. The van der Waals surface area contributed by atoms with Crippen LogP contribution in [0.4, 0.5) is 0 Å². The maximum Gasteiger partial charge on any atom is 0.252 e. The molecule has 4 heteroatoms. The van der Waals surface area contributed by atoms with E-state index in [1.807, 2.05) is 18.2 Å². The van der Waals surface area contributed by atoms with Gasteiger partial charge in [-0.05, 0) is 18.6 Å². The molecule has 0 radical (unpaired) electrons. The summed E-state index contributed by atoms with van der Waals surface area (Å²) in [6.45, 7) is 2.79. The van der Waals surface area contributed by atoms with E-state index < -0.39 is 0 Å². The Morgan fingerprint density at radius 3 is 2.94 bits per heavy atom. The Labute approximate surface area is 106 Å². The molecule has 1 rings (SSSR count). The zero-order valence-corrected chi connectivity index (χ0v) is 10.7. The van der Waals surface area contributed by atoms with Crippen molar-refractivity contribution in [3.63, 3.8) is 0 Å². The first kappa shape index (κ1) is 13.6. The number of thioether (sulfide) groups is 1. The van der Waals surface area contributed by atoms with Gasteiger partial charge >= 0.3 is 0 Å². The van der Waals surface area contributed by atoms with Crippen molar-refractivity contribution < 1.29 is 4.79 Å². The van der Waals surface area contributed by atoms with E-state index >= 15 is 0 Å². The molecule has 0 aliphatic heterocycles. The van der Waals surface area contributed by atoms with E-state index in [0.717, 1.165) is 17.7 Å². The van der Waals surface area contributed by atoms with Crippen LogP contribution in [-0.4, -0.2) is 18.2 Å². The molecule has 1 amide bonds. The second-order valence-corrected chi connectivity index (χ2v) is 4.57. The van der Waals surface area contributed by atoms with Crippen LogP contribution in [-0.2, 0) is 0 Å². The third-order valence-corrected chi connectivity index (χ3v) is 3.18. The molecular formula is C13H16N2OS. The molecule has 1 N–H and O–H groups in total. The van der Waals surface area contributed by atoms with E-state index in [0.29, 0.717) is 17.9 Å². The van der Waals surface area contributed by atoms with Crippen molar-refractivity contribution in [3.8, 4) is 6.07 Å². The van der Waals surface area contributed by atoms with Gasteiger partial charge < -0.3 is 5.32 Å². The largest absolute Gasteiger partial charge is 0.352 e. The maximum atomic E-state index is 11.9. The summed E-state index contributed by atoms with van der Waals surface area (Å²) in [4.78, 5) is 12.8. The molecule has 0 saturated heterocycles. The fraction of sp³-hybridized carbons (Fsp3) is 0.385.